The number of aliphatic carboxylic acids is 1. The van der Waals surface area contributed by atoms with Gasteiger partial charge in [0.2, 0.25) is 0 Å². The molecule has 0 spiro atoms. The Labute approximate surface area is 109 Å². The zero-order valence-electron chi connectivity index (χ0n) is 10.1. The summed E-state index contributed by atoms with van der Waals surface area (Å²) in [6, 6.07) is 5.22. The van der Waals surface area contributed by atoms with Gasteiger partial charge in [-0.1, -0.05) is 6.07 Å². The first kappa shape index (κ1) is 14.0. The average Bonchev–Trinajstić information content (AvgIpc) is 2.28. The van der Waals surface area contributed by atoms with Crippen LogP contribution in [0, 0.1) is 0 Å². The van der Waals surface area contributed by atoms with Crippen molar-refractivity contribution in [1.29, 1.82) is 0 Å². The molecule has 0 aliphatic rings. The molecule has 0 amide bonds. The Kier molecular flexibility index (Phi) is 4.96. The number of halogens is 1. The van der Waals surface area contributed by atoms with E-state index < -0.39 is 12.0 Å². The van der Waals surface area contributed by atoms with Crippen LogP contribution < -0.4 is 4.74 Å². The van der Waals surface area contributed by atoms with Gasteiger partial charge in [0, 0.05) is 6.54 Å². The number of ether oxygens (including phenoxy) is 1. The summed E-state index contributed by atoms with van der Waals surface area (Å²) in [5.74, 6) is -0.0530. The molecule has 0 aromatic heterocycles. The molecule has 1 rings (SSSR count). The first-order chi connectivity index (χ1) is 7.95. The molecule has 1 N–H and O–H groups in total. The summed E-state index contributed by atoms with van der Waals surface area (Å²) in [5.41, 5.74) is 1.04. The minimum Gasteiger partial charge on any atom is -0.496 e. The molecule has 0 saturated heterocycles. The Bertz CT molecular complexity index is 409. The lowest BCUT2D eigenvalue weighted by molar-refractivity contribution is -0.142. The van der Waals surface area contributed by atoms with Gasteiger partial charge < -0.3 is 9.84 Å². The summed E-state index contributed by atoms with van der Waals surface area (Å²) >= 11 is 3.40. The van der Waals surface area contributed by atoms with Crippen LogP contribution in [-0.4, -0.2) is 36.2 Å². The van der Waals surface area contributed by atoms with Crippen LogP contribution in [0.2, 0.25) is 0 Å². The molecule has 0 heterocycles. The van der Waals surface area contributed by atoms with Crippen molar-refractivity contribution < 1.29 is 14.6 Å². The molecule has 1 aromatic rings. The number of nitrogens with zero attached hydrogens (tertiary/aromatic N) is 1. The largest absolute Gasteiger partial charge is 0.496 e. The maximum Gasteiger partial charge on any atom is 0.320 e. The van der Waals surface area contributed by atoms with Crippen molar-refractivity contribution in [1.82, 2.24) is 4.90 Å². The van der Waals surface area contributed by atoms with Crippen molar-refractivity contribution in [2.45, 2.75) is 19.5 Å². The van der Waals surface area contributed by atoms with E-state index >= 15 is 0 Å². The first-order valence-corrected chi connectivity index (χ1v) is 6.00. The zero-order valence-corrected chi connectivity index (χ0v) is 11.7. The molecule has 1 atom stereocenters. The highest BCUT2D eigenvalue weighted by atomic mass is 79.9. The van der Waals surface area contributed by atoms with Gasteiger partial charge in [0.1, 0.15) is 11.8 Å². The van der Waals surface area contributed by atoms with Crippen LogP contribution in [0.25, 0.3) is 0 Å². The molecule has 0 aliphatic carbocycles. The van der Waals surface area contributed by atoms with Crippen molar-refractivity contribution >= 4 is 21.9 Å². The van der Waals surface area contributed by atoms with Gasteiger partial charge in [-0.05, 0) is 47.6 Å². The van der Waals surface area contributed by atoms with E-state index in [-0.39, 0.29) is 0 Å². The Morgan fingerprint density at radius 2 is 2.24 bits per heavy atom. The Morgan fingerprint density at radius 3 is 2.71 bits per heavy atom. The maximum absolute atomic E-state index is 10.8. The van der Waals surface area contributed by atoms with E-state index in [4.69, 9.17) is 9.84 Å². The van der Waals surface area contributed by atoms with Crippen LogP contribution in [0.3, 0.4) is 0 Å². The van der Waals surface area contributed by atoms with E-state index in [0.29, 0.717) is 6.54 Å². The number of hydrogen-bond donors (Lipinski definition) is 1. The molecule has 0 fully saturated rings. The Morgan fingerprint density at radius 1 is 1.59 bits per heavy atom. The number of benzene rings is 1. The average molecular weight is 302 g/mol. The van der Waals surface area contributed by atoms with Gasteiger partial charge in [0.25, 0.3) is 0 Å². The molecular weight excluding hydrogens is 286 g/mol. The predicted molar refractivity (Wildman–Crippen MR) is 69.3 cm³/mol. The Hall–Kier alpha value is -1.07. The van der Waals surface area contributed by atoms with Crippen LogP contribution in [0.15, 0.2) is 22.7 Å². The second-order valence-electron chi connectivity index (χ2n) is 3.90. The third-order valence-electron chi connectivity index (χ3n) is 2.67. The summed E-state index contributed by atoms with van der Waals surface area (Å²) in [4.78, 5) is 12.6. The van der Waals surface area contributed by atoms with Crippen LogP contribution >= 0.6 is 15.9 Å². The van der Waals surface area contributed by atoms with Gasteiger partial charge in [-0.2, -0.15) is 0 Å². The Balaban J connectivity index is 2.75. The smallest absolute Gasteiger partial charge is 0.320 e. The number of hydrogen-bond acceptors (Lipinski definition) is 3. The molecule has 0 bridgehead atoms. The fourth-order valence-corrected chi connectivity index (χ4v) is 2.01. The second kappa shape index (κ2) is 6.02. The van der Waals surface area contributed by atoms with E-state index in [2.05, 4.69) is 15.9 Å². The van der Waals surface area contributed by atoms with Crippen molar-refractivity contribution in [2.75, 3.05) is 14.2 Å². The molecule has 0 saturated carbocycles. The highest BCUT2D eigenvalue weighted by Crippen LogP contribution is 2.26. The van der Waals surface area contributed by atoms with E-state index in [9.17, 15) is 4.79 Å². The number of methoxy groups -OCH3 is 1. The summed E-state index contributed by atoms with van der Waals surface area (Å²) < 4.78 is 6.01. The molecular formula is C12H16BrNO3. The number of carbonyl (C=O) groups is 1. The molecule has 17 heavy (non-hydrogen) atoms. The van der Waals surface area contributed by atoms with Crippen molar-refractivity contribution in [2.24, 2.45) is 0 Å². The molecule has 1 aromatic carbocycles. The maximum atomic E-state index is 10.8. The lowest BCUT2D eigenvalue weighted by atomic mass is 10.2. The van der Waals surface area contributed by atoms with Crippen LogP contribution in [0.5, 0.6) is 5.75 Å². The lowest BCUT2D eigenvalue weighted by Gasteiger charge is -2.21. The van der Waals surface area contributed by atoms with Crippen LogP contribution in [0.1, 0.15) is 12.5 Å². The molecule has 0 aliphatic heterocycles. The van der Waals surface area contributed by atoms with E-state index in [1.54, 1.807) is 26.0 Å². The number of rotatable bonds is 5. The van der Waals surface area contributed by atoms with Gasteiger partial charge in [-0.25, -0.2) is 0 Å². The quantitative estimate of drug-likeness (QED) is 0.907. The van der Waals surface area contributed by atoms with Crippen molar-refractivity contribution in [3.8, 4) is 5.75 Å². The minimum atomic E-state index is -0.819. The zero-order chi connectivity index (χ0) is 13.0. The topological polar surface area (TPSA) is 49.8 Å². The van der Waals surface area contributed by atoms with Crippen molar-refractivity contribution in [3.63, 3.8) is 0 Å². The third-order valence-corrected chi connectivity index (χ3v) is 3.29. The summed E-state index contributed by atoms with van der Waals surface area (Å²) in [6.07, 6.45) is 0. The number of carboxylic acids is 1. The van der Waals surface area contributed by atoms with Gasteiger partial charge in [0.05, 0.1) is 11.6 Å². The molecule has 94 valence electrons. The molecule has 5 heteroatoms. The standard InChI is InChI=1S/C12H16BrNO3/c1-8(12(15)16)14(2)7-9-4-5-11(17-3)10(13)6-9/h4-6,8H,7H2,1-3H3,(H,15,16). The fraction of sp³-hybridized carbons (Fsp3) is 0.417. The van der Waals surface area contributed by atoms with E-state index in [0.717, 1.165) is 15.8 Å². The summed E-state index contributed by atoms with van der Waals surface area (Å²) in [6.45, 7) is 2.25. The number of carboxylic acid groups (broad SMARTS) is 1. The van der Waals surface area contributed by atoms with E-state index in [1.807, 2.05) is 18.2 Å². The lowest BCUT2D eigenvalue weighted by Crippen LogP contribution is -2.35. The van der Waals surface area contributed by atoms with Gasteiger partial charge >= 0.3 is 5.97 Å². The monoisotopic (exact) mass is 301 g/mol. The van der Waals surface area contributed by atoms with Gasteiger partial charge in [-0.15, -0.1) is 0 Å². The predicted octanol–water partition coefficient (Wildman–Crippen LogP) is 2.36. The summed E-state index contributed by atoms with van der Waals surface area (Å²) in [7, 11) is 3.40. The van der Waals surface area contributed by atoms with Crippen LogP contribution in [-0.2, 0) is 11.3 Å². The third kappa shape index (κ3) is 3.71. The summed E-state index contributed by atoms with van der Waals surface area (Å²) in [5, 5.41) is 8.90. The second-order valence-corrected chi connectivity index (χ2v) is 4.75. The molecule has 0 radical (unpaired) electrons. The highest BCUT2D eigenvalue weighted by Gasteiger charge is 2.16. The minimum absolute atomic E-state index is 0.504. The van der Waals surface area contributed by atoms with E-state index in [1.165, 1.54) is 0 Å². The highest BCUT2D eigenvalue weighted by molar-refractivity contribution is 9.10. The SMILES string of the molecule is COc1ccc(CN(C)C(C)C(=O)O)cc1Br. The van der Waals surface area contributed by atoms with Gasteiger partial charge in [0.15, 0.2) is 0 Å². The molecule has 4 nitrogen and oxygen atoms in total. The normalized spacial score (nSPS) is 12.5. The van der Waals surface area contributed by atoms with Crippen molar-refractivity contribution in [3.05, 3.63) is 28.2 Å². The first-order valence-electron chi connectivity index (χ1n) is 5.21. The van der Waals surface area contributed by atoms with Gasteiger partial charge in [-0.3, -0.25) is 9.69 Å². The fourth-order valence-electron chi connectivity index (χ4n) is 1.42. The number of likely N-dealkylation sites (N-methyl/N-ethyl adjacent to an activating group) is 1. The van der Waals surface area contributed by atoms with Crippen LogP contribution in [0.4, 0.5) is 0 Å². The molecule has 1 unspecified atom stereocenters.